The zero-order chi connectivity index (χ0) is 12.3. The Morgan fingerprint density at radius 1 is 1.11 bits per heavy atom. The van der Waals surface area contributed by atoms with Gasteiger partial charge in [-0.15, -0.1) is 10.2 Å². The van der Waals surface area contributed by atoms with Gasteiger partial charge in [-0.2, -0.15) is 0 Å². The summed E-state index contributed by atoms with van der Waals surface area (Å²) in [5.41, 5.74) is 6.18. The van der Waals surface area contributed by atoms with E-state index in [1.807, 2.05) is 0 Å². The van der Waals surface area contributed by atoms with Crippen LogP contribution in [0.25, 0.3) is 0 Å². The van der Waals surface area contributed by atoms with Gasteiger partial charge in [0.25, 0.3) is 0 Å². The molecule has 4 bridgehead atoms. The first-order valence-corrected chi connectivity index (χ1v) is 7.31. The predicted molar refractivity (Wildman–Crippen MR) is 68.8 cm³/mol. The fourth-order valence-electron chi connectivity index (χ4n) is 5.49. The number of aryl methyl sites for hydroxylation is 1. The molecule has 4 aliphatic rings. The van der Waals surface area contributed by atoms with Gasteiger partial charge in [0.15, 0.2) is 0 Å². The number of hydrogen-bond donors (Lipinski definition) is 1. The van der Waals surface area contributed by atoms with Crippen LogP contribution >= 0.6 is 0 Å². The molecule has 1 aromatic heterocycles. The lowest BCUT2D eigenvalue weighted by Gasteiger charge is -2.57. The molecule has 0 aliphatic heterocycles. The SMILES string of the molecule is Cc1nnc(CN)n1C12CC3CC(CC(C3)C1)C2. The summed E-state index contributed by atoms with van der Waals surface area (Å²) < 4.78 is 2.41. The molecule has 4 fully saturated rings. The molecule has 0 radical (unpaired) electrons. The van der Waals surface area contributed by atoms with Gasteiger partial charge in [0.05, 0.1) is 6.54 Å². The molecule has 1 heterocycles. The van der Waals surface area contributed by atoms with Crippen LogP contribution < -0.4 is 5.73 Å². The molecule has 4 aliphatic carbocycles. The zero-order valence-corrected chi connectivity index (χ0v) is 11.1. The summed E-state index contributed by atoms with van der Waals surface area (Å²) >= 11 is 0. The van der Waals surface area contributed by atoms with E-state index in [1.165, 1.54) is 38.5 Å². The maximum Gasteiger partial charge on any atom is 0.147 e. The van der Waals surface area contributed by atoms with E-state index in [1.54, 1.807) is 0 Å². The third-order valence-corrected chi connectivity index (χ3v) is 5.55. The minimum Gasteiger partial charge on any atom is -0.324 e. The first-order valence-electron chi connectivity index (χ1n) is 7.31. The molecule has 4 heteroatoms. The number of nitrogens with zero attached hydrogens (tertiary/aromatic N) is 3. The molecular formula is C14H22N4. The summed E-state index contributed by atoms with van der Waals surface area (Å²) in [6.45, 7) is 2.60. The Hall–Kier alpha value is -0.900. The minimum absolute atomic E-state index is 0.317. The molecule has 0 atom stereocenters. The van der Waals surface area contributed by atoms with Gasteiger partial charge in [-0.3, -0.25) is 0 Å². The van der Waals surface area contributed by atoms with E-state index in [0.29, 0.717) is 12.1 Å². The Morgan fingerprint density at radius 2 is 1.67 bits per heavy atom. The number of rotatable bonds is 2. The largest absolute Gasteiger partial charge is 0.324 e. The lowest BCUT2D eigenvalue weighted by atomic mass is 9.53. The summed E-state index contributed by atoms with van der Waals surface area (Å²) in [4.78, 5) is 0. The fourth-order valence-corrected chi connectivity index (χ4v) is 5.49. The molecule has 0 amide bonds. The van der Waals surface area contributed by atoms with Crippen LogP contribution in [0.5, 0.6) is 0 Å². The summed E-state index contributed by atoms with van der Waals surface area (Å²) in [7, 11) is 0. The van der Waals surface area contributed by atoms with Crippen molar-refractivity contribution < 1.29 is 0 Å². The zero-order valence-electron chi connectivity index (χ0n) is 11.1. The van der Waals surface area contributed by atoms with Gasteiger partial charge in [-0.1, -0.05) is 0 Å². The van der Waals surface area contributed by atoms with E-state index in [9.17, 15) is 0 Å². The first-order chi connectivity index (χ1) is 8.70. The molecule has 98 valence electrons. The first kappa shape index (κ1) is 11.0. The third kappa shape index (κ3) is 1.35. The molecule has 18 heavy (non-hydrogen) atoms. The Kier molecular flexibility index (Phi) is 2.17. The Labute approximate surface area is 108 Å². The van der Waals surface area contributed by atoms with Gasteiger partial charge in [0.1, 0.15) is 11.6 Å². The van der Waals surface area contributed by atoms with Crippen LogP contribution in [0, 0.1) is 24.7 Å². The quantitative estimate of drug-likeness (QED) is 0.868. The maximum atomic E-state index is 5.86. The van der Waals surface area contributed by atoms with Gasteiger partial charge in [-0.25, -0.2) is 0 Å². The fraction of sp³-hybridized carbons (Fsp3) is 0.857. The van der Waals surface area contributed by atoms with Gasteiger partial charge in [0, 0.05) is 5.54 Å². The number of nitrogens with two attached hydrogens (primary N) is 1. The molecule has 5 rings (SSSR count). The van der Waals surface area contributed by atoms with E-state index in [4.69, 9.17) is 5.73 Å². The highest BCUT2D eigenvalue weighted by molar-refractivity contribution is 5.11. The van der Waals surface area contributed by atoms with E-state index in [2.05, 4.69) is 21.7 Å². The summed E-state index contributed by atoms with van der Waals surface area (Å²) in [5, 5.41) is 8.56. The van der Waals surface area contributed by atoms with E-state index in [0.717, 1.165) is 29.4 Å². The lowest BCUT2D eigenvalue weighted by Crippen LogP contribution is -2.52. The highest BCUT2D eigenvalue weighted by Crippen LogP contribution is 2.59. The third-order valence-electron chi connectivity index (χ3n) is 5.55. The maximum absolute atomic E-state index is 5.86. The highest BCUT2D eigenvalue weighted by Gasteiger charge is 2.52. The van der Waals surface area contributed by atoms with Crippen LogP contribution in [0.15, 0.2) is 0 Å². The van der Waals surface area contributed by atoms with Gasteiger partial charge < -0.3 is 10.3 Å². The van der Waals surface area contributed by atoms with Crippen LogP contribution in [-0.2, 0) is 12.1 Å². The van der Waals surface area contributed by atoms with Crippen molar-refractivity contribution in [3.63, 3.8) is 0 Å². The summed E-state index contributed by atoms with van der Waals surface area (Å²) in [6.07, 6.45) is 8.43. The average Bonchev–Trinajstić information content (AvgIpc) is 2.69. The molecule has 1 aromatic rings. The second-order valence-electron chi connectivity index (χ2n) is 6.84. The van der Waals surface area contributed by atoms with Crippen LogP contribution in [0.1, 0.15) is 50.2 Å². The number of aromatic nitrogens is 3. The van der Waals surface area contributed by atoms with Crippen molar-refractivity contribution in [3.8, 4) is 0 Å². The van der Waals surface area contributed by atoms with Crippen LogP contribution in [0.3, 0.4) is 0 Å². The molecule has 0 unspecified atom stereocenters. The second-order valence-corrected chi connectivity index (χ2v) is 6.84. The van der Waals surface area contributed by atoms with Crippen LogP contribution in [-0.4, -0.2) is 14.8 Å². The van der Waals surface area contributed by atoms with E-state index in [-0.39, 0.29) is 0 Å². The van der Waals surface area contributed by atoms with Gasteiger partial charge in [0.2, 0.25) is 0 Å². The molecule has 2 N–H and O–H groups in total. The Bertz CT molecular complexity index is 441. The lowest BCUT2D eigenvalue weighted by molar-refractivity contribution is -0.0454. The normalized spacial score (nSPS) is 41.6. The second kappa shape index (κ2) is 3.56. The van der Waals surface area contributed by atoms with Crippen molar-refractivity contribution in [3.05, 3.63) is 11.6 Å². The van der Waals surface area contributed by atoms with Crippen molar-refractivity contribution in [2.24, 2.45) is 23.5 Å². The Morgan fingerprint density at radius 3 is 2.17 bits per heavy atom. The van der Waals surface area contributed by atoms with Crippen LogP contribution in [0.2, 0.25) is 0 Å². The highest BCUT2D eigenvalue weighted by atomic mass is 15.3. The topological polar surface area (TPSA) is 56.7 Å². The Balaban J connectivity index is 1.81. The van der Waals surface area contributed by atoms with Crippen molar-refractivity contribution in [1.82, 2.24) is 14.8 Å². The smallest absolute Gasteiger partial charge is 0.147 e. The molecule has 0 saturated heterocycles. The number of hydrogen-bond acceptors (Lipinski definition) is 3. The summed E-state index contributed by atoms with van der Waals surface area (Å²) in [5.74, 6) is 4.91. The van der Waals surface area contributed by atoms with Crippen molar-refractivity contribution in [1.29, 1.82) is 0 Å². The molecule has 4 saturated carbocycles. The van der Waals surface area contributed by atoms with Gasteiger partial charge in [-0.05, 0) is 63.2 Å². The molecule has 0 aromatic carbocycles. The van der Waals surface area contributed by atoms with Crippen LogP contribution in [0.4, 0.5) is 0 Å². The monoisotopic (exact) mass is 246 g/mol. The standard InChI is InChI=1S/C14H22N4/c1-9-16-17-13(8-15)18(9)14-5-10-2-11(6-14)4-12(3-10)7-14/h10-12H,2-8,15H2,1H3. The van der Waals surface area contributed by atoms with Crippen molar-refractivity contribution in [2.45, 2.75) is 57.5 Å². The molecular weight excluding hydrogens is 224 g/mol. The average molecular weight is 246 g/mol. The minimum atomic E-state index is 0.317. The van der Waals surface area contributed by atoms with Gasteiger partial charge >= 0.3 is 0 Å². The predicted octanol–water partition coefficient (Wildman–Crippen LogP) is 1.97. The van der Waals surface area contributed by atoms with E-state index >= 15 is 0 Å². The van der Waals surface area contributed by atoms with Crippen molar-refractivity contribution >= 4 is 0 Å². The molecule has 4 nitrogen and oxygen atoms in total. The molecule has 0 spiro atoms. The van der Waals surface area contributed by atoms with Crippen molar-refractivity contribution in [2.75, 3.05) is 0 Å². The summed E-state index contributed by atoms with van der Waals surface area (Å²) in [6, 6.07) is 0. The van der Waals surface area contributed by atoms with E-state index < -0.39 is 0 Å².